The van der Waals surface area contributed by atoms with Crippen molar-refractivity contribution < 1.29 is 9.90 Å². The molecular weight excluding hydrogens is 272 g/mol. The molecule has 2 rings (SSSR count). The molecule has 1 heterocycles. The number of carbonyl (C=O) groups is 1. The van der Waals surface area contributed by atoms with Gasteiger partial charge in [0.1, 0.15) is 6.33 Å². The van der Waals surface area contributed by atoms with E-state index in [0.29, 0.717) is 10.7 Å². The largest absolute Gasteiger partial charge is 0.477 e. The van der Waals surface area contributed by atoms with E-state index in [1.54, 1.807) is 17.8 Å². The number of carboxylic acids is 1. The molecule has 0 unspecified atom stereocenters. The molecule has 0 bridgehead atoms. The summed E-state index contributed by atoms with van der Waals surface area (Å²) in [5, 5.41) is 9.49. The van der Waals surface area contributed by atoms with E-state index in [-0.39, 0.29) is 5.69 Å². The smallest absolute Gasteiger partial charge is 0.354 e. The molecule has 0 fully saturated rings. The van der Waals surface area contributed by atoms with Crippen LogP contribution in [0.3, 0.4) is 0 Å². The Bertz CT molecular complexity index is 604. The van der Waals surface area contributed by atoms with E-state index in [1.807, 2.05) is 18.4 Å². The van der Waals surface area contributed by atoms with Crippen molar-refractivity contribution in [2.24, 2.45) is 0 Å². The van der Waals surface area contributed by atoms with E-state index < -0.39 is 5.97 Å². The molecule has 6 heteroatoms. The third-order valence-electron chi connectivity index (χ3n) is 2.33. The first-order valence-electron chi connectivity index (χ1n) is 5.01. The van der Waals surface area contributed by atoms with Gasteiger partial charge in [0, 0.05) is 10.5 Å². The molecule has 0 aliphatic carbocycles. The van der Waals surface area contributed by atoms with Crippen LogP contribution in [0.15, 0.2) is 35.5 Å². The summed E-state index contributed by atoms with van der Waals surface area (Å²) in [4.78, 5) is 19.5. The van der Waals surface area contributed by atoms with Gasteiger partial charge in [-0.25, -0.2) is 14.8 Å². The number of carboxylic acid groups (broad SMARTS) is 1. The fourth-order valence-corrected chi connectivity index (χ4v) is 2.33. The molecular formula is C12H9ClN2O2S. The average molecular weight is 281 g/mol. The maximum atomic E-state index is 10.8. The highest BCUT2D eigenvalue weighted by molar-refractivity contribution is 7.98. The third-order valence-corrected chi connectivity index (χ3v) is 3.55. The van der Waals surface area contributed by atoms with Crippen molar-refractivity contribution >= 4 is 29.3 Å². The predicted molar refractivity (Wildman–Crippen MR) is 71.2 cm³/mol. The van der Waals surface area contributed by atoms with Gasteiger partial charge in [-0.3, -0.25) is 0 Å². The second-order valence-corrected chi connectivity index (χ2v) is 4.70. The third kappa shape index (κ3) is 2.63. The fourth-order valence-electron chi connectivity index (χ4n) is 1.46. The monoisotopic (exact) mass is 280 g/mol. The van der Waals surface area contributed by atoms with Crippen LogP contribution in [0.5, 0.6) is 0 Å². The minimum absolute atomic E-state index is 0.0370. The Balaban J connectivity index is 2.45. The number of aromatic carboxylic acids is 1. The Kier molecular flexibility index (Phi) is 3.84. The number of aromatic nitrogens is 2. The first-order valence-corrected chi connectivity index (χ1v) is 6.61. The molecule has 4 nitrogen and oxygen atoms in total. The lowest BCUT2D eigenvalue weighted by molar-refractivity contribution is 0.0690. The van der Waals surface area contributed by atoms with Crippen molar-refractivity contribution in [1.82, 2.24) is 9.97 Å². The molecule has 0 saturated heterocycles. The second-order valence-electron chi connectivity index (χ2n) is 3.44. The normalized spacial score (nSPS) is 10.3. The number of nitrogens with zero attached hydrogens (tertiary/aromatic N) is 2. The van der Waals surface area contributed by atoms with Gasteiger partial charge < -0.3 is 5.11 Å². The van der Waals surface area contributed by atoms with Gasteiger partial charge in [-0.15, -0.1) is 11.8 Å². The number of thioether (sulfide) groups is 1. The molecule has 0 radical (unpaired) electrons. The minimum Gasteiger partial charge on any atom is -0.477 e. The van der Waals surface area contributed by atoms with E-state index in [2.05, 4.69) is 9.97 Å². The van der Waals surface area contributed by atoms with E-state index in [9.17, 15) is 4.79 Å². The van der Waals surface area contributed by atoms with Crippen molar-refractivity contribution in [3.05, 3.63) is 41.3 Å². The van der Waals surface area contributed by atoms with Crippen molar-refractivity contribution in [3.8, 4) is 11.3 Å². The van der Waals surface area contributed by atoms with Gasteiger partial charge >= 0.3 is 5.97 Å². The van der Waals surface area contributed by atoms with Gasteiger partial charge in [0.2, 0.25) is 0 Å². The molecule has 1 aromatic heterocycles. The molecule has 0 amide bonds. The highest BCUT2D eigenvalue weighted by Gasteiger charge is 2.09. The van der Waals surface area contributed by atoms with Crippen LogP contribution >= 0.6 is 23.4 Å². The van der Waals surface area contributed by atoms with Gasteiger partial charge in [0.25, 0.3) is 0 Å². The van der Waals surface area contributed by atoms with Gasteiger partial charge in [-0.05, 0) is 24.5 Å². The van der Waals surface area contributed by atoms with Gasteiger partial charge in [0.05, 0.1) is 10.7 Å². The Morgan fingerprint density at radius 2 is 2.11 bits per heavy atom. The lowest BCUT2D eigenvalue weighted by Gasteiger charge is -2.05. The Hall–Kier alpha value is -1.59. The zero-order valence-corrected chi connectivity index (χ0v) is 11.0. The van der Waals surface area contributed by atoms with E-state index in [1.165, 1.54) is 12.4 Å². The van der Waals surface area contributed by atoms with Crippen molar-refractivity contribution in [1.29, 1.82) is 0 Å². The summed E-state index contributed by atoms with van der Waals surface area (Å²) in [5.41, 5.74) is 1.27. The highest BCUT2D eigenvalue weighted by atomic mass is 35.5. The predicted octanol–water partition coefficient (Wildman–Crippen LogP) is 3.22. The molecule has 2 aromatic rings. The molecule has 18 heavy (non-hydrogen) atoms. The Labute approximate surface area is 113 Å². The zero-order chi connectivity index (χ0) is 13.1. The maximum Gasteiger partial charge on any atom is 0.354 e. The SMILES string of the molecule is CSc1ccc(-c2cc(C(=O)O)ncn2)cc1Cl. The lowest BCUT2D eigenvalue weighted by Crippen LogP contribution is -2.01. The summed E-state index contributed by atoms with van der Waals surface area (Å²) in [6.45, 7) is 0. The number of rotatable bonds is 3. The fraction of sp³-hybridized carbons (Fsp3) is 0.0833. The molecule has 0 atom stereocenters. The molecule has 0 aliphatic rings. The van der Waals surface area contributed by atoms with Gasteiger partial charge in [-0.2, -0.15) is 0 Å². The summed E-state index contributed by atoms with van der Waals surface area (Å²) in [7, 11) is 0. The summed E-state index contributed by atoms with van der Waals surface area (Å²) in [6, 6.07) is 6.92. The molecule has 0 spiro atoms. The standard InChI is InChI=1S/C12H9ClN2O2S/c1-18-11-3-2-7(4-8(11)13)9-5-10(12(16)17)15-6-14-9/h2-6H,1H3,(H,16,17). The van der Waals surface area contributed by atoms with Crippen LogP contribution in [0, 0.1) is 0 Å². The van der Waals surface area contributed by atoms with Crippen LogP contribution in [0.2, 0.25) is 5.02 Å². The second kappa shape index (κ2) is 5.37. The molecule has 92 valence electrons. The molecule has 0 saturated carbocycles. The number of hydrogen-bond acceptors (Lipinski definition) is 4. The minimum atomic E-state index is -1.08. The van der Waals surface area contributed by atoms with E-state index in [4.69, 9.17) is 16.7 Å². The molecule has 1 N–H and O–H groups in total. The number of benzene rings is 1. The number of hydrogen-bond donors (Lipinski definition) is 1. The van der Waals surface area contributed by atoms with E-state index in [0.717, 1.165) is 10.5 Å². The summed E-state index contributed by atoms with van der Waals surface area (Å²) in [5.74, 6) is -1.08. The Morgan fingerprint density at radius 1 is 1.33 bits per heavy atom. The summed E-state index contributed by atoms with van der Waals surface area (Å²) in [6.07, 6.45) is 3.17. The summed E-state index contributed by atoms with van der Waals surface area (Å²) >= 11 is 7.65. The van der Waals surface area contributed by atoms with E-state index >= 15 is 0 Å². The van der Waals surface area contributed by atoms with Gasteiger partial charge in [0.15, 0.2) is 5.69 Å². The number of halogens is 1. The van der Waals surface area contributed by atoms with Crippen molar-refractivity contribution in [3.63, 3.8) is 0 Å². The quantitative estimate of drug-likeness (QED) is 0.875. The Morgan fingerprint density at radius 3 is 2.72 bits per heavy atom. The average Bonchev–Trinajstić information content (AvgIpc) is 2.38. The van der Waals surface area contributed by atoms with Crippen LogP contribution in [0.1, 0.15) is 10.5 Å². The lowest BCUT2D eigenvalue weighted by atomic mass is 10.1. The van der Waals surface area contributed by atoms with Crippen LogP contribution in [-0.4, -0.2) is 27.3 Å². The van der Waals surface area contributed by atoms with Crippen LogP contribution in [-0.2, 0) is 0 Å². The summed E-state index contributed by atoms with van der Waals surface area (Å²) < 4.78 is 0. The first kappa shape index (κ1) is 12.9. The zero-order valence-electron chi connectivity index (χ0n) is 9.42. The van der Waals surface area contributed by atoms with Crippen LogP contribution in [0.25, 0.3) is 11.3 Å². The topological polar surface area (TPSA) is 63.1 Å². The van der Waals surface area contributed by atoms with Gasteiger partial charge in [-0.1, -0.05) is 17.7 Å². The highest BCUT2D eigenvalue weighted by Crippen LogP contribution is 2.29. The van der Waals surface area contributed by atoms with Crippen molar-refractivity contribution in [2.45, 2.75) is 4.90 Å². The molecule has 1 aromatic carbocycles. The first-order chi connectivity index (χ1) is 8.61. The van der Waals surface area contributed by atoms with Crippen LogP contribution < -0.4 is 0 Å². The van der Waals surface area contributed by atoms with Crippen LogP contribution in [0.4, 0.5) is 0 Å². The molecule has 0 aliphatic heterocycles. The maximum absolute atomic E-state index is 10.8. The van der Waals surface area contributed by atoms with Crippen molar-refractivity contribution in [2.75, 3.05) is 6.26 Å².